The van der Waals surface area contributed by atoms with Crippen LogP contribution < -0.4 is 9.67 Å². The molecule has 5 rings (SSSR count). The molecule has 8 nitrogen and oxygen atoms in total. The number of carbonyl (C=O) groups excluding carboxylic acids is 1. The summed E-state index contributed by atoms with van der Waals surface area (Å²) in [6.07, 6.45) is 0.725. The molecule has 5 aromatic carbocycles. The van der Waals surface area contributed by atoms with E-state index in [0.29, 0.717) is 6.42 Å². The van der Waals surface area contributed by atoms with Crippen LogP contribution in [0.3, 0.4) is 0 Å². The molecule has 40 heavy (non-hydrogen) atoms. The van der Waals surface area contributed by atoms with Crippen LogP contribution in [0.2, 0.25) is 0 Å². The zero-order chi connectivity index (χ0) is 28.9. The van der Waals surface area contributed by atoms with Crippen molar-refractivity contribution >= 4 is 57.6 Å². The minimum absolute atomic E-state index is 0.163. The second-order valence-electron chi connectivity index (χ2n) is 9.18. The molecule has 0 atom stereocenters. The Morgan fingerprint density at radius 2 is 1.38 bits per heavy atom. The van der Waals surface area contributed by atoms with Crippen molar-refractivity contribution in [3.63, 3.8) is 0 Å². The molecule has 1 amide bonds. The van der Waals surface area contributed by atoms with E-state index in [0.717, 1.165) is 11.1 Å². The van der Waals surface area contributed by atoms with Gasteiger partial charge in [-0.3, -0.25) is 4.79 Å². The number of phenolic OH excluding ortho intramolecular Hbond substituents is 1. The van der Waals surface area contributed by atoms with Crippen LogP contribution in [-0.2, 0) is 19.7 Å². The van der Waals surface area contributed by atoms with Gasteiger partial charge in [0.25, 0.3) is 0 Å². The topological polar surface area (TPSA) is 144 Å². The summed E-state index contributed by atoms with van der Waals surface area (Å²) in [4.78, 5) is 21.5. The molecule has 0 bridgehead atoms. The molecular weight excluding hydrogens is 573 g/mol. The molecular formula is C31H28AsNO7. The first-order valence-electron chi connectivity index (χ1n) is 12.4. The first kappa shape index (κ1) is 28.6. The van der Waals surface area contributed by atoms with E-state index >= 15 is 0 Å². The molecule has 0 aliphatic heterocycles. The van der Waals surface area contributed by atoms with Crippen LogP contribution in [0, 0.1) is 0 Å². The number of hydrogen-bond donors (Lipinski definition) is 5. The van der Waals surface area contributed by atoms with Gasteiger partial charge in [-0.1, -0.05) is 72.8 Å². The molecule has 0 aliphatic carbocycles. The summed E-state index contributed by atoms with van der Waals surface area (Å²) in [6, 6.07) is 31.1. The summed E-state index contributed by atoms with van der Waals surface area (Å²) in [6.45, 7) is 1.18. The van der Waals surface area contributed by atoms with Gasteiger partial charge in [0.05, 0.1) is 0 Å². The number of rotatable bonds is 6. The number of benzene rings is 5. The Labute approximate surface area is 233 Å². The second-order valence-corrected chi connectivity index (χ2v) is 12.5. The summed E-state index contributed by atoms with van der Waals surface area (Å²) in [5, 5.41) is 25.3. The first-order chi connectivity index (χ1) is 19.0. The number of anilines is 1. The van der Waals surface area contributed by atoms with Crippen LogP contribution in [0.15, 0.2) is 97.1 Å². The SMILES string of the molecule is CC(=O)Nc1c(O)cccc1[As](=O)(O)O.O=C(O)CCc1ccc(-c2c3ccccc3cc3ccccc23)cc1. The monoisotopic (exact) mass is 601 g/mol. The van der Waals surface area contributed by atoms with Gasteiger partial charge in [-0.05, 0) is 50.7 Å². The molecule has 0 saturated heterocycles. The van der Waals surface area contributed by atoms with E-state index in [9.17, 15) is 18.4 Å². The van der Waals surface area contributed by atoms with Crippen molar-refractivity contribution in [1.29, 1.82) is 0 Å². The molecule has 0 radical (unpaired) electrons. The van der Waals surface area contributed by atoms with E-state index in [2.05, 4.69) is 72.0 Å². The number of aromatic hydroxyl groups is 1. The van der Waals surface area contributed by atoms with Gasteiger partial charge < -0.3 is 5.11 Å². The van der Waals surface area contributed by atoms with E-state index in [1.54, 1.807) is 0 Å². The maximum atomic E-state index is 11.1. The minimum Gasteiger partial charge on any atom is -0.481 e. The Bertz CT molecular complexity index is 1690. The zero-order valence-corrected chi connectivity index (χ0v) is 23.5. The summed E-state index contributed by atoms with van der Waals surface area (Å²) in [5.41, 5.74) is 3.22. The van der Waals surface area contributed by atoms with E-state index < -0.39 is 26.0 Å². The molecule has 0 heterocycles. The first-order valence-corrected chi connectivity index (χ1v) is 15.8. The number of para-hydroxylation sites is 1. The Hall–Kier alpha value is -4.36. The predicted molar refractivity (Wildman–Crippen MR) is 156 cm³/mol. The Morgan fingerprint density at radius 3 is 1.90 bits per heavy atom. The van der Waals surface area contributed by atoms with Gasteiger partial charge in [-0.2, -0.15) is 0 Å². The van der Waals surface area contributed by atoms with Crippen LogP contribution in [0.5, 0.6) is 5.75 Å². The molecule has 0 spiro atoms. The average Bonchev–Trinajstić information content (AvgIpc) is 2.91. The third kappa shape index (κ3) is 6.79. The van der Waals surface area contributed by atoms with Crippen LogP contribution in [0.4, 0.5) is 5.69 Å². The third-order valence-electron chi connectivity index (χ3n) is 6.28. The van der Waals surface area contributed by atoms with E-state index in [1.165, 1.54) is 52.2 Å². The Balaban J connectivity index is 0.000000212. The van der Waals surface area contributed by atoms with Gasteiger partial charge in [0, 0.05) is 6.42 Å². The van der Waals surface area contributed by atoms with Crippen molar-refractivity contribution in [2.75, 3.05) is 5.32 Å². The standard InChI is InChI=1S/C23H18O2.C8H10AsNO5/c24-22(25)14-11-16-9-12-17(13-10-16)23-20-7-3-1-5-18(20)15-19-6-2-4-8-21(19)23;1-5(11)10-8-6(9(13,14)15)3-2-4-7(8)12/h1-10,12-13,15H,11,14H2,(H,24,25);2-4,12H,1H3,(H,10,11)(H2,13,14,15). The zero-order valence-electron chi connectivity index (χ0n) is 21.6. The number of aliphatic carboxylic acids is 1. The van der Waals surface area contributed by atoms with Crippen molar-refractivity contribution in [2.24, 2.45) is 0 Å². The molecule has 5 N–H and O–H groups in total. The molecule has 0 aromatic heterocycles. The molecule has 0 fully saturated rings. The number of nitrogens with one attached hydrogen (secondary N) is 1. The van der Waals surface area contributed by atoms with Gasteiger partial charge >= 0.3 is 94.1 Å². The fourth-order valence-corrected chi connectivity index (χ4v) is 6.05. The number of carbonyl (C=O) groups is 2. The summed E-state index contributed by atoms with van der Waals surface area (Å²) >= 11 is -5.14. The van der Waals surface area contributed by atoms with Crippen molar-refractivity contribution in [3.05, 3.63) is 103 Å². The molecule has 0 aliphatic rings. The summed E-state index contributed by atoms with van der Waals surface area (Å²) in [7, 11) is 0. The minimum atomic E-state index is -5.14. The molecule has 5 aromatic rings. The number of phenols is 1. The van der Waals surface area contributed by atoms with Gasteiger partial charge in [0.1, 0.15) is 0 Å². The number of hydrogen-bond acceptors (Lipinski definition) is 4. The maximum absolute atomic E-state index is 11.1. The normalized spacial score (nSPS) is 11.1. The fourth-order valence-electron chi connectivity index (χ4n) is 4.49. The van der Waals surface area contributed by atoms with Crippen molar-refractivity contribution in [3.8, 4) is 16.9 Å². The van der Waals surface area contributed by atoms with Gasteiger partial charge in [-0.15, -0.1) is 0 Å². The molecule has 0 unspecified atom stereocenters. The maximum Gasteiger partial charge on any atom is 0.303 e. The van der Waals surface area contributed by atoms with E-state index in [-0.39, 0.29) is 22.2 Å². The van der Waals surface area contributed by atoms with Crippen molar-refractivity contribution in [1.82, 2.24) is 0 Å². The number of amides is 1. The fraction of sp³-hybridized carbons (Fsp3) is 0.0968. The predicted octanol–water partition coefficient (Wildman–Crippen LogP) is 4.59. The smallest absolute Gasteiger partial charge is 0.303 e. The van der Waals surface area contributed by atoms with Crippen LogP contribution in [-0.4, -0.2) is 44.5 Å². The number of fused-ring (bicyclic) bond motifs is 2. The van der Waals surface area contributed by atoms with E-state index in [4.69, 9.17) is 13.3 Å². The van der Waals surface area contributed by atoms with Crippen LogP contribution in [0.1, 0.15) is 18.9 Å². The van der Waals surface area contributed by atoms with Gasteiger partial charge in [0.15, 0.2) is 0 Å². The summed E-state index contributed by atoms with van der Waals surface area (Å²) in [5.74, 6) is -1.64. The number of carboxylic acid groups (broad SMARTS) is 1. The quantitative estimate of drug-likeness (QED) is 0.109. The molecule has 204 valence electrons. The average molecular weight is 601 g/mol. The van der Waals surface area contributed by atoms with Crippen LogP contribution >= 0.6 is 0 Å². The second kappa shape index (κ2) is 12.2. The Kier molecular flexibility index (Phi) is 8.75. The number of aryl methyl sites for hydroxylation is 1. The van der Waals surface area contributed by atoms with E-state index in [1.807, 2.05) is 12.1 Å². The van der Waals surface area contributed by atoms with Crippen molar-refractivity contribution in [2.45, 2.75) is 19.8 Å². The summed E-state index contributed by atoms with van der Waals surface area (Å²) < 4.78 is 28.8. The largest absolute Gasteiger partial charge is 0.481 e. The van der Waals surface area contributed by atoms with Crippen LogP contribution in [0.25, 0.3) is 32.7 Å². The molecule has 0 saturated carbocycles. The van der Waals surface area contributed by atoms with Gasteiger partial charge in [0.2, 0.25) is 0 Å². The number of carboxylic acids is 1. The third-order valence-corrected chi connectivity index (χ3v) is 8.38. The molecule has 9 heteroatoms. The van der Waals surface area contributed by atoms with Crippen molar-refractivity contribution < 1.29 is 31.7 Å². The van der Waals surface area contributed by atoms with Gasteiger partial charge in [-0.25, -0.2) is 0 Å². The Morgan fingerprint density at radius 1 is 0.800 bits per heavy atom.